The van der Waals surface area contributed by atoms with Gasteiger partial charge in [-0.15, -0.1) is 0 Å². The molecule has 1 aromatic heterocycles. The number of aromatic amines is 1. The molecule has 28 heavy (non-hydrogen) atoms. The minimum Gasteiger partial charge on any atom is -0.491 e. The van der Waals surface area contributed by atoms with Crippen LogP contribution < -0.4 is 14.8 Å². The molecule has 1 atom stereocenters. The summed E-state index contributed by atoms with van der Waals surface area (Å²) in [4.78, 5) is 7.58. The van der Waals surface area contributed by atoms with Crippen molar-refractivity contribution in [3.8, 4) is 11.5 Å². The number of thioether (sulfide) groups is 1. The molecule has 0 bridgehead atoms. The molecule has 148 valence electrons. The Labute approximate surface area is 182 Å². The lowest BCUT2D eigenvalue weighted by atomic mass is 10.3. The second-order valence-corrected chi connectivity index (χ2v) is 7.73. The third kappa shape index (κ3) is 4.64. The van der Waals surface area contributed by atoms with Crippen molar-refractivity contribution in [2.24, 2.45) is 0 Å². The van der Waals surface area contributed by atoms with Crippen LogP contribution in [0, 0.1) is 0 Å². The van der Waals surface area contributed by atoms with Crippen LogP contribution in [0.2, 0.25) is 10.0 Å². The molecule has 1 aliphatic heterocycles. The van der Waals surface area contributed by atoms with Crippen molar-refractivity contribution in [2.75, 3.05) is 17.7 Å². The third-order valence-electron chi connectivity index (χ3n) is 3.82. The first-order chi connectivity index (χ1) is 13.0. The zero-order valence-corrected chi connectivity index (χ0v) is 17.8. The van der Waals surface area contributed by atoms with Crippen molar-refractivity contribution in [3.63, 3.8) is 0 Å². The van der Waals surface area contributed by atoms with E-state index in [1.807, 2.05) is 6.07 Å². The highest BCUT2D eigenvalue weighted by atomic mass is 35.5. The summed E-state index contributed by atoms with van der Waals surface area (Å²) in [5, 5.41) is 14.8. The summed E-state index contributed by atoms with van der Waals surface area (Å²) in [7, 11) is 0. The summed E-state index contributed by atoms with van der Waals surface area (Å²) in [5.41, 5.74) is 2.37. The number of ether oxygens (including phenoxy) is 2. The highest BCUT2D eigenvalue weighted by molar-refractivity contribution is 7.99. The van der Waals surface area contributed by atoms with Gasteiger partial charge in [-0.3, -0.25) is 0 Å². The molecule has 0 spiro atoms. The Morgan fingerprint density at radius 1 is 1.25 bits per heavy atom. The van der Waals surface area contributed by atoms with Gasteiger partial charge in [0.1, 0.15) is 12.4 Å². The number of aliphatic hydroxyl groups is 1. The van der Waals surface area contributed by atoms with Crippen molar-refractivity contribution < 1.29 is 14.6 Å². The summed E-state index contributed by atoms with van der Waals surface area (Å²) >= 11 is 13.4. The number of hydrogen-bond acceptors (Lipinski definition) is 6. The Balaban J connectivity index is 0.00000225. The molecule has 1 aliphatic rings. The van der Waals surface area contributed by atoms with Gasteiger partial charge in [0.25, 0.3) is 0 Å². The maximum atomic E-state index is 10.2. The number of nitrogens with one attached hydrogen (secondary N) is 2. The Bertz CT molecular complexity index is 990. The highest BCUT2D eigenvalue weighted by Crippen LogP contribution is 2.36. The molecule has 0 saturated heterocycles. The molecule has 10 heteroatoms. The van der Waals surface area contributed by atoms with E-state index in [9.17, 15) is 5.11 Å². The molecule has 0 fully saturated rings. The number of imidazole rings is 1. The normalized spacial score (nSPS) is 13.5. The first-order valence-electron chi connectivity index (χ1n) is 8.04. The Hall–Kier alpha value is -1.71. The Morgan fingerprint density at radius 2 is 2.04 bits per heavy atom. The lowest BCUT2D eigenvalue weighted by Gasteiger charge is -2.11. The van der Waals surface area contributed by atoms with E-state index in [2.05, 4.69) is 21.9 Å². The molecule has 4 rings (SSSR count). The smallest absolute Gasteiger partial charge is 0.190 e. The first-order valence-corrected chi connectivity index (χ1v) is 9.78. The summed E-state index contributed by atoms with van der Waals surface area (Å²) in [5.74, 6) is 2.16. The van der Waals surface area contributed by atoms with E-state index >= 15 is 0 Å². The number of hydrogen-bond donors (Lipinski definition) is 3. The Kier molecular flexibility index (Phi) is 6.57. The van der Waals surface area contributed by atoms with Gasteiger partial charge in [0, 0.05) is 11.8 Å². The average Bonchev–Trinajstić information content (AvgIpc) is 3.19. The van der Waals surface area contributed by atoms with E-state index in [0.29, 0.717) is 38.3 Å². The third-order valence-corrected chi connectivity index (χ3v) is 5.56. The van der Waals surface area contributed by atoms with Crippen LogP contribution >= 0.6 is 48.5 Å². The largest absolute Gasteiger partial charge is 0.491 e. The van der Waals surface area contributed by atoms with Gasteiger partial charge in [0.2, 0.25) is 0 Å². The van der Waals surface area contributed by atoms with E-state index in [-0.39, 0.29) is 20.1 Å². The second-order valence-electron chi connectivity index (χ2n) is 5.91. The monoisotopic (exact) mass is 457 g/mol. The number of aliphatic hydroxyl groups excluding tert-OH is 1. The van der Waals surface area contributed by atoms with Crippen molar-refractivity contribution in [3.05, 3.63) is 52.8 Å². The molecule has 0 radical (unpaired) electrons. The number of H-pyrrole nitrogens is 1. The molecule has 0 amide bonds. The van der Waals surface area contributed by atoms with E-state index in [1.54, 1.807) is 24.3 Å². The number of nitrogens with zero attached hydrogens (tertiary/aromatic N) is 1. The van der Waals surface area contributed by atoms with Crippen LogP contribution in [0.15, 0.2) is 48.0 Å². The van der Waals surface area contributed by atoms with E-state index in [0.717, 1.165) is 16.7 Å². The van der Waals surface area contributed by atoms with Gasteiger partial charge >= 0.3 is 0 Å². The van der Waals surface area contributed by atoms with Gasteiger partial charge < -0.3 is 24.9 Å². The van der Waals surface area contributed by atoms with Gasteiger partial charge in [-0.05, 0) is 30.8 Å². The van der Waals surface area contributed by atoms with Crippen LogP contribution in [0.25, 0.3) is 11.0 Å². The van der Waals surface area contributed by atoms with Crippen molar-refractivity contribution in [2.45, 2.75) is 11.3 Å². The summed E-state index contributed by atoms with van der Waals surface area (Å²) in [6.07, 6.45) is -0.669. The average molecular weight is 458 g/mol. The first kappa shape index (κ1) is 21.0. The predicted octanol–water partition coefficient (Wildman–Crippen LogP) is 4.79. The summed E-state index contributed by atoms with van der Waals surface area (Å²) in [6.45, 7) is 3.86. The fourth-order valence-electron chi connectivity index (χ4n) is 2.55. The van der Waals surface area contributed by atoms with Crippen molar-refractivity contribution >= 4 is 65.2 Å². The summed E-state index contributed by atoms with van der Waals surface area (Å²) in [6, 6.07) is 8.84. The zero-order valence-electron chi connectivity index (χ0n) is 14.5. The van der Waals surface area contributed by atoms with Crippen LogP contribution in [-0.4, -0.2) is 33.5 Å². The van der Waals surface area contributed by atoms with Gasteiger partial charge in [0.05, 0.1) is 32.9 Å². The fourth-order valence-corrected chi connectivity index (χ4v) is 3.67. The lowest BCUT2D eigenvalue weighted by molar-refractivity contribution is 0.126. The minimum atomic E-state index is -0.669. The van der Waals surface area contributed by atoms with Crippen molar-refractivity contribution in [1.82, 2.24) is 9.97 Å². The fraction of sp³-hybridized carbons (Fsp3) is 0.167. The molecular weight excluding hydrogens is 441 g/mol. The predicted molar refractivity (Wildman–Crippen MR) is 119 cm³/mol. The molecule has 0 aliphatic carbocycles. The molecule has 2 aromatic carbocycles. The molecule has 0 saturated carbocycles. The number of rotatable bonds is 6. The SMILES string of the molecule is C=C1Nc2ccc(OC[C@@H](O)CSc3nc4cc(Cl)c(Cl)cc4[nH]3)cc2O1.S. The number of anilines is 1. The quantitative estimate of drug-likeness (QED) is 0.461. The van der Waals surface area contributed by atoms with Crippen LogP contribution in [0.4, 0.5) is 5.69 Å². The van der Waals surface area contributed by atoms with E-state index < -0.39 is 6.10 Å². The van der Waals surface area contributed by atoms with Crippen molar-refractivity contribution in [1.29, 1.82) is 0 Å². The maximum Gasteiger partial charge on any atom is 0.190 e. The van der Waals surface area contributed by atoms with Gasteiger partial charge in [0.15, 0.2) is 16.8 Å². The molecule has 2 heterocycles. The number of benzene rings is 2. The second kappa shape index (κ2) is 8.75. The number of fused-ring (bicyclic) bond motifs is 2. The highest BCUT2D eigenvalue weighted by Gasteiger charge is 2.16. The molecule has 3 N–H and O–H groups in total. The topological polar surface area (TPSA) is 79.4 Å². The van der Waals surface area contributed by atoms with Crippen LogP contribution in [-0.2, 0) is 0 Å². The lowest BCUT2D eigenvalue weighted by Crippen LogP contribution is -2.20. The molecule has 6 nitrogen and oxygen atoms in total. The minimum absolute atomic E-state index is 0. The molecule has 0 unspecified atom stereocenters. The van der Waals surface area contributed by atoms with E-state index in [4.69, 9.17) is 32.7 Å². The zero-order chi connectivity index (χ0) is 19.0. The van der Waals surface area contributed by atoms with Crippen LogP contribution in [0.3, 0.4) is 0 Å². The number of halogens is 2. The molecule has 3 aromatic rings. The van der Waals surface area contributed by atoms with Gasteiger partial charge in [-0.1, -0.05) is 35.0 Å². The van der Waals surface area contributed by atoms with Crippen LogP contribution in [0.5, 0.6) is 11.5 Å². The standard InChI is InChI=1S/C18H15Cl2N3O3S.H2S/c1-9-21-14-3-2-11(4-17(14)26-9)25-7-10(24)8-27-18-22-15-5-12(19)13(20)6-16(15)23-18;/h2-6,10,21,24H,1,7-8H2,(H,22,23);1H2/t10-;/m1./s1. The summed E-state index contributed by atoms with van der Waals surface area (Å²) < 4.78 is 11.1. The number of aromatic nitrogens is 2. The van der Waals surface area contributed by atoms with Crippen LogP contribution in [0.1, 0.15) is 0 Å². The van der Waals surface area contributed by atoms with E-state index in [1.165, 1.54) is 11.8 Å². The van der Waals surface area contributed by atoms with Gasteiger partial charge in [-0.2, -0.15) is 13.5 Å². The maximum absolute atomic E-state index is 10.2. The Morgan fingerprint density at radius 3 is 2.86 bits per heavy atom. The molecular formula is C18H17Cl2N3O3S2. The van der Waals surface area contributed by atoms with Gasteiger partial charge in [-0.25, -0.2) is 4.98 Å².